The van der Waals surface area contributed by atoms with Gasteiger partial charge in [-0.2, -0.15) is 0 Å². The topological polar surface area (TPSA) is 67.3 Å². The molecular weight excluding hydrogens is 284 g/mol. The Morgan fingerprint density at radius 1 is 1.21 bits per heavy atom. The van der Waals surface area contributed by atoms with Gasteiger partial charge in [-0.15, -0.1) is 11.3 Å². The molecule has 0 aliphatic rings. The van der Waals surface area contributed by atoms with Crippen molar-refractivity contribution in [3.05, 3.63) is 34.7 Å². The zero-order valence-electron chi connectivity index (χ0n) is 10.4. The summed E-state index contributed by atoms with van der Waals surface area (Å²) in [7, 11) is -0.444. The van der Waals surface area contributed by atoms with Gasteiger partial charge >= 0.3 is 0 Å². The first-order valence-corrected chi connectivity index (χ1v) is 7.71. The number of hydrogen-bond donors (Lipinski definition) is 0. The molecule has 5 nitrogen and oxygen atoms in total. The molecule has 7 heteroatoms. The molecule has 0 aliphatic carbocycles. The van der Waals surface area contributed by atoms with Gasteiger partial charge in [-0.25, -0.2) is 17.7 Å². The average Bonchev–Trinajstić information content (AvgIpc) is 2.87. The molecule has 1 aromatic heterocycles. The molecule has 0 amide bonds. The van der Waals surface area contributed by atoms with Gasteiger partial charge in [0.25, 0.3) is 0 Å². The summed E-state index contributed by atoms with van der Waals surface area (Å²) in [5, 5.41) is 2.17. The lowest BCUT2D eigenvalue weighted by molar-refractivity contribution is 0.112. The van der Waals surface area contributed by atoms with Crippen LogP contribution in [0.2, 0.25) is 0 Å². The van der Waals surface area contributed by atoms with Crippen molar-refractivity contribution >= 4 is 27.6 Å². The number of sulfonamides is 1. The molecule has 0 aliphatic heterocycles. The third-order valence-corrected chi connectivity index (χ3v) is 5.15. The lowest BCUT2D eigenvalue weighted by Gasteiger charge is -2.11. The van der Waals surface area contributed by atoms with Crippen molar-refractivity contribution < 1.29 is 13.2 Å². The number of carbonyl (C=O) groups excluding carboxylic acids is 1. The maximum atomic E-state index is 11.9. The van der Waals surface area contributed by atoms with Crippen LogP contribution in [0, 0.1) is 0 Å². The van der Waals surface area contributed by atoms with Crippen LogP contribution < -0.4 is 0 Å². The quantitative estimate of drug-likeness (QED) is 0.808. The van der Waals surface area contributed by atoms with E-state index in [1.807, 2.05) is 0 Å². The van der Waals surface area contributed by atoms with Crippen LogP contribution in [0.15, 0.2) is 34.5 Å². The Morgan fingerprint density at radius 3 is 2.32 bits per heavy atom. The number of aromatic nitrogens is 1. The molecule has 100 valence electrons. The van der Waals surface area contributed by atoms with Crippen molar-refractivity contribution in [2.45, 2.75) is 4.90 Å². The van der Waals surface area contributed by atoms with Gasteiger partial charge in [0.2, 0.25) is 10.0 Å². The van der Waals surface area contributed by atoms with Gasteiger partial charge in [0.05, 0.1) is 10.6 Å². The molecule has 0 saturated heterocycles. The molecule has 1 heterocycles. The number of aldehydes is 1. The maximum absolute atomic E-state index is 11.9. The van der Waals surface area contributed by atoms with Crippen LogP contribution in [-0.4, -0.2) is 38.1 Å². The Bertz CT molecular complexity index is 688. The molecule has 0 fully saturated rings. The minimum Gasteiger partial charge on any atom is -0.295 e. The maximum Gasteiger partial charge on any atom is 0.242 e. The summed E-state index contributed by atoms with van der Waals surface area (Å²) in [5.41, 5.74) is 1.45. The molecule has 0 unspecified atom stereocenters. The highest BCUT2D eigenvalue weighted by Gasteiger charge is 2.16. The molecule has 0 atom stereocenters. The van der Waals surface area contributed by atoms with Crippen LogP contribution >= 0.6 is 11.3 Å². The van der Waals surface area contributed by atoms with E-state index in [1.54, 1.807) is 17.5 Å². The van der Waals surface area contributed by atoms with Crippen LogP contribution in [0.25, 0.3) is 11.3 Å². The largest absolute Gasteiger partial charge is 0.295 e. The van der Waals surface area contributed by atoms with Crippen LogP contribution in [0.5, 0.6) is 0 Å². The first-order chi connectivity index (χ1) is 8.95. The standard InChI is InChI=1S/C12H12N2O3S2/c1-14(2)19(16,17)10-5-3-9(4-6-10)11-8-18-12(7-15)13-11/h3-8H,1-2H3. The van der Waals surface area contributed by atoms with Gasteiger partial charge in [0, 0.05) is 25.0 Å². The summed E-state index contributed by atoms with van der Waals surface area (Å²) in [6.45, 7) is 0. The Balaban J connectivity index is 2.36. The highest BCUT2D eigenvalue weighted by atomic mass is 32.2. The van der Waals surface area contributed by atoms with E-state index in [2.05, 4.69) is 4.98 Å². The number of carbonyl (C=O) groups is 1. The molecule has 1 aromatic carbocycles. The van der Waals surface area contributed by atoms with Gasteiger partial charge in [-0.05, 0) is 12.1 Å². The minimum atomic E-state index is -3.42. The summed E-state index contributed by atoms with van der Waals surface area (Å²) < 4.78 is 25.0. The fraction of sp³-hybridized carbons (Fsp3) is 0.167. The lowest BCUT2D eigenvalue weighted by atomic mass is 10.2. The van der Waals surface area contributed by atoms with Crippen LogP contribution in [-0.2, 0) is 10.0 Å². The molecule has 0 bridgehead atoms. The second-order valence-corrected chi connectivity index (χ2v) is 7.04. The van der Waals surface area contributed by atoms with E-state index in [4.69, 9.17) is 0 Å². The number of benzene rings is 1. The Labute approximate surface area is 115 Å². The Morgan fingerprint density at radius 2 is 1.84 bits per heavy atom. The summed E-state index contributed by atoms with van der Waals surface area (Å²) >= 11 is 1.25. The zero-order chi connectivity index (χ0) is 14.0. The van der Waals surface area contributed by atoms with E-state index in [-0.39, 0.29) is 4.90 Å². The third kappa shape index (κ3) is 2.73. The van der Waals surface area contributed by atoms with Crippen molar-refractivity contribution in [3.8, 4) is 11.3 Å². The molecule has 0 radical (unpaired) electrons. The smallest absolute Gasteiger partial charge is 0.242 e. The summed E-state index contributed by atoms with van der Waals surface area (Å²) in [5.74, 6) is 0. The summed E-state index contributed by atoms with van der Waals surface area (Å²) in [6.07, 6.45) is 0.693. The number of nitrogens with zero attached hydrogens (tertiary/aromatic N) is 2. The average molecular weight is 296 g/mol. The lowest BCUT2D eigenvalue weighted by Crippen LogP contribution is -2.22. The number of hydrogen-bond acceptors (Lipinski definition) is 5. The minimum absolute atomic E-state index is 0.229. The summed E-state index contributed by atoms with van der Waals surface area (Å²) in [6, 6.07) is 6.43. The second kappa shape index (κ2) is 5.20. The predicted molar refractivity (Wildman–Crippen MR) is 73.8 cm³/mol. The number of thiazole rings is 1. The SMILES string of the molecule is CN(C)S(=O)(=O)c1ccc(-c2csc(C=O)n2)cc1. The second-order valence-electron chi connectivity index (χ2n) is 4.00. The van der Waals surface area contributed by atoms with E-state index in [9.17, 15) is 13.2 Å². The van der Waals surface area contributed by atoms with Gasteiger partial charge in [-0.1, -0.05) is 12.1 Å². The van der Waals surface area contributed by atoms with Crippen LogP contribution in [0.4, 0.5) is 0 Å². The van der Waals surface area contributed by atoms with E-state index in [0.29, 0.717) is 17.0 Å². The molecular formula is C12H12N2O3S2. The molecule has 2 rings (SSSR count). The number of rotatable bonds is 4. The molecule has 0 saturated carbocycles. The van der Waals surface area contributed by atoms with Crippen molar-refractivity contribution in [2.75, 3.05) is 14.1 Å². The van der Waals surface area contributed by atoms with E-state index in [0.717, 1.165) is 9.87 Å². The first kappa shape index (κ1) is 13.9. The molecule has 2 aromatic rings. The monoisotopic (exact) mass is 296 g/mol. The van der Waals surface area contributed by atoms with Gasteiger partial charge < -0.3 is 0 Å². The predicted octanol–water partition coefficient (Wildman–Crippen LogP) is 1.87. The van der Waals surface area contributed by atoms with Gasteiger partial charge in [0.1, 0.15) is 0 Å². The Hall–Kier alpha value is -1.57. The molecule has 0 spiro atoms. The van der Waals surface area contributed by atoms with Crippen molar-refractivity contribution in [2.24, 2.45) is 0 Å². The zero-order valence-corrected chi connectivity index (χ0v) is 12.0. The Kier molecular flexibility index (Phi) is 3.79. The van der Waals surface area contributed by atoms with E-state index >= 15 is 0 Å². The van der Waals surface area contributed by atoms with E-state index in [1.165, 1.54) is 37.6 Å². The first-order valence-electron chi connectivity index (χ1n) is 5.39. The highest BCUT2D eigenvalue weighted by molar-refractivity contribution is 7.89. The van der Waals surface area contributed by atoms with Gasteiger partial charge in [-0.3, -0.25) is 4.79 Å². The van der Waals surface area contributed by atoms with E-state index < -0.39 is 10.0 Å². The van der Waals surface area contributed by atoms with Crippen LogP contribution in [0.1, 0.15) is 9.80 Å². The highest BCUT2D eigenvalue weighted by Crippen LogP contribution is 2.23. The van der Waals surface area contributed by atoms with Crippen molar-refractivity contribution in [3.63, 3.8) is 0 Å². The summed E-state index contributed by atoms with van der Waals surface area (Å²) in [4.78, 5) is 14.9. The molecule has 0 N–H and O–H groups in total. The normalized spacial score (nSPS) is 11.7. The van der Waals surface area contributed by atoms with Crippen LogP contribution in [0.3, 0.4) is 0 Å². The third-order valence-electron chi connectivity index (χ3n) is 2.55. The van der Waals surface area contributed by atoms with Crippen molar-refractivity contribution in [1.82, 2.24) is 9.29 Å². The molecule has 19 heavy (non-hydrogen) atoms. The van der Waals surface area contributed by atoms with Gasteiger partial charge in [0.15, 0.2) is 11.3 Å². The fourth-order valence-corrected chi connectivity index (χ4v) is 3.01. The van der Waals surface area contributed by atoms with Crippen molar-refractivity contribution in [1.29, 1.82) is 0 Å². The fourth-order valence-electron chi connectivity index (χ4n) is 1.48.